The van der Waals surface area contributed by atoms with Crippen LogP contribution in [0.25, 0.3) is 0 Å². The molecule has 1 aromatic carbocycles. The monoisotopic (exact) mass is 509 g/mol. The van der Waals surface area contributed by atoms with E-state index in [2.05, 4.69) is 10.6 Å². The Kier molecular flexibility index (Phi) is 13.2. The lowest BCUT2D eigenvalue weighted by molar-refractivity contribution is -0.143. The molecule has 35 heavy (non-hydrogen) atoms. The Morgan fingerprint density at radius 3 is 2.26 bits per heavy atom. The molecule has 3 atom stereocenters. The number of nitrogens with one attached hydrogen (secondary N) is 2. The summed E-state index contributed by atoms with van der Waals surface area (Å²) >= 11 is 1.55. The van der Waals surface area contributed by atoms with Gasteiger partial charge in [0.15, 0.2) is 0 Å². The van der Waals surface area contributed by atoms with E-state index in [0.29, 0.717) is 17.7 Å². The van der Waals surface area contributed by atoms with E-state index < -0.39 is 29.7 Å². The van der Waals surface area contributed by atoms with Crippen molar-refractivity contribution in [1.82, 2.24) is 15.5 Å². The second kappa shape index (κ2) is 15.0. The zero-order valence-electron chi connectivity index (χ0n) is 22.2. The first-order valence-electron chi connectivity index (χ1n) is 12.2. The molecule has 0 saturated carbocycles. The average molecular weight is 510 g/mol. The summed E-state index contributed by atoms with van der Waals surface area (Å²) in [5, 5.41) is 15.5. The van der Waals surface area contributed by atoms with Crippen molar-refractivity contribution in [3.8, 4) is 0 Å². The fourth-order valence-electron chi connectivity index (χ4n) is 3.67. The minimum Gasteiger partial charge on any atom is -0.444 e. The van der Waals surface area contributed by atoms with Crippen LogP contribution in [0.1, 0.15) is 71.0 Å². The Labute approximate surface area is 214 Å². The third-order valence-electron chi connectivity index (χ3n) is 5.29. The number of amides is 3. The Bertz CT molecular complexity index is 810. The molecule has 0 aromatic heterocycles. The number of aryl methyl sites for hydroxylation is 1. The summed E-state index contributed by atoms with van der Waals surface area (Å²) in [6.45, 7) is 10.8. The highest BCUT2D eigenvalue weighted by Crippen LogP contribution is 2.24. The van der Waals surface area contributed by atoms with E-state index in [-0.39, 0.29) is 25.1 Å². The molecule has 198 valence electrons. The largest absolute Gasteiger partial charge is 0.444 e. The van der Waals surface area contributed by atoms with Crippen molar-refractivity contribution < 1.29 is 24.2 Å². The summed E-state index contributed by atoms with van der Waals surface area (Å²) in [5.41, 5.74) is 0.943. The lowest BCUT2D eigenvalue weighted by Crippen LogP contribution is -2.54. The molecule has 0 aliphatic carbocycles. The summed E-state index contributed by atoms with van der Waals surface area (Å²) in [4.78, 5) is 41.1. The van der Waals surface area contributed by atoms with Crippen LogP contribution in [0.4, 0.5) is 4.79 Å². The maximum atomic E-state index is 13.8. The number of hydrogen-bond donors (Lipinski definition) is 3. The molecule has 3 unspecified atom stereocenters. The van der Waals surface area contributed by atoms with Crippen molar-refractivity contribution >= 4 is 29.7 Å². The van der Waals surface area contributed by atoms with E-state index in [1.54, 1.807) is 32.5 Å². The SMILES string of the molecule is CCCC(C)NC(=O)C(c1ccc(C)cc1)N(CCO)C(=O)C(CCSC)NC(=O)OC(C)(C)C. The molecule has 1 rings (SSSR count). The second-order valence-electron chi connectivity index (χ2n) is 9.75. The fourth-order valence-corrected chi connectivity index (χ4v) is 4.14. The molecule has 3 amide bonds. The van der Waals surface area contributed by atoms with Gasteiger partial charge in [-0.15, -0.1) is 0 Å². The number of ether oxygens (including phenoxy) is 1. The van der Waals surface area contributed by atoms with E-state index in [1.165, 1.54) is 4.90 Å². The molecule has 0 aliphatic heterocycles. The molecular weight excluding hydrogens is 466 g/mol. The topological polar surface area (TPSA) is 108 Å². The van der Waals surface area contributed by atoms with Crippen molar-refractivity contribution in [2.75, 3.05) is 25.2 Å². The molecule has 0 bridgehead atoms. The Morgan fingerprint density at radius 2 is 1.74 bits per heavy atom. The molecule has 1 aromatic rings. The third-order valence-corrected chi connectivity index (χ3v) is 5.93. The minimum atomic E-state index is -0.952. The predicted octanol–water partition coefficient (Wildman–Crippen LogP) is 3.81. The first kappa shape index (κ1) is 30.8. The smallest absolute Gasteiger partial charge is 0.408 e. The molecular formula is C26H43N3O5S. The number of nitrogens with zero attached hydrogens (tertiary/aromatic N) is 1. The quantitative estimate of drug-likeness (QED) is 0.373. The average Bonchev–Trinajstić information content (AvgIpc) is 2.76. The van der Waals surface area contributed by atoms with Crippen molar-refractivity contribution in [1.29, 1.82) is 0 Å². The normalized spacial score (nSPS) is 13.9. The zero-order valence-corrected chi connectivity index (χ0v) is 23.0. The van der Waals surface area contributed by atoms with E-state index in [4.69, 9.17) is 4.74 Å². The van der Waals surface area contributed by atoms with Gasteiger partial charge in [-0.1, -0.05) is 43.2 Å². The van der Waals surface area contributed by atoms with Gasteiger partial charge < -0.3 is 25.4 Å². The van der Waals surface area contributed by atoms with Crippen LogP contribution in [-0.4, -0.2) is 70.8 Å². The summed E-state index contributed by atoms with van der Waals surface area (Å²) in [7, 11) is 0. The number of aliphatic hydroxyl groups is 1. The van der Waals surface area contributed by atoms with Crippen LogP contribution in [0, 0.1) is 6.92 Å². The van der Waals surface area contributed by atoms with Crippen LogP contribution in [0.2, 0.25) is 0 Å². The highest BCUT2D eigenvalue weighted by molar-refractivity contribution is 7.98. The van der Waals surface area contributed by atoms with Gasteiger partial charge in [-0.25, -0.2) is 4.79 Å². The Hall–Kier alpha value is -2.26. The highest BCUT2D eigenvalue weighted by Gasteiger charge is 2.36. The number of carbonyl (C=O) groups excluding carboxylic acids is 3. The van der Waals surface area contributed by atoms with Crippen LogP contribution in [0.15, 0.2) is 24.3 Å². The standard InChI is InChI=1S/C26H43N3O5S/c1-8-9-19(3)27-23(31)22(20-12-10-18(2)11-13-20)29(15-16-30)24(32)21(14-17-35-7)28-25(33)34-26(4,5)6/h10-13,19,21-22,30H,8-9,14-17H2,1-7H3,(H,27,31)(H,28,33). The van der Waals surface area contributed by atoms with Gasteiger partial charge >= 0.3 is 6.09 Å². The van der Waals surface area contributed by atoms with Gasteiger partial charge in [0.25, 0.3) is 0 Å². The molecule has 8 nitrogen and oxygen atoms in total. The maximum Gasteiger partial charge on any atom is 0.408 e. The van der Waals surface area contributed by atoms with Crippen LogP contribution < -0.4 is 10.6 Å². The molecule has 0 fully saturated rings. The van der Waals surface area contributed by atoms with Gasteiger partial charge in [0.1, 0.15) is 17.7 Å². The number of alkyl carbamates (subject to hydrolysis) is 1. The number of benzene rings is 1. The van der Waals surface area contributed by atoms with Crippen LogP contribution in [0.3, 0.4) is 0 Å². The summed E-state index contributed by atoms with van der Waals surface area (Å²) in [5.74, 6) is -0.144. The maximum absolute atomic E-state index is 13.8. The lowest BCUT2D eigenvalue weighted by atomic mass is 10.0. The van der Waals surface area contributed by atoms with E-state index in [0.717, 1.165) is 18.4 Å². The predicted molar refractivity (Wildman–Crippen MR) is 141 cm³/mol. The Morgan fingerprint density at radius 1 is 1.11 bits per heavy atom. The first-order chi connectivity index (χ1) is 16.4. The zero-order chi connectivity index (χ0) is 26.6. The van der Waals surface area contributed by atoms with Gasteiger partial charge in [-0.2, -0.15) is 11.8 Å². The van der Waals surface area contributed by atoms with Gasteiger partial charge in [-0.3, -0.25) is 9.59 Å². The molecule has 9 heteroatoms. The van der Waals surface area contributed by atoms with Crippen LogP contribution >= 0.6 is 11.8 Å². The van der Waals surface area contributed by atoms with E-state index in [1.807, 2.05) is 51.3 Å². The van der Waals surface area contributed by atoms with E-state index in [9.17, 15) is 19.5 Å². The van der Waals surface area contributed by atoms with Gasteiger partial charge in [0.05, 0.1) is 6.61 Å². The van der Waals surface area contributed by atoms with Gasteiger partial charge in [0, 0.05) is 12.6 Å². The van der Waals surface area contributed by atoms with E-state index >= 15 is 0 Å². The number of carbonyl (C=O) groups is 3. The molecule has 0 aliphatic rings. The molecule has 0 heterocycles. The Balaban J connectivity index is 3.37. The van der Waals surface area contributed by atoms with Crippen LogP contribution in [-0.2, 0) is 14.3 Å². The summed E-state index contributed by atoms with van der Waals surface area (Å²) in [6.07, 6.45) is 3.28. The lowest BCUT2D eigenvalue weighted by Gasteiger charge is -2.34. The van der Waals surface area contributed by atoms with Gasteiger partial charge in [0.2, 0.25) is 11.8 Å². The second-order valence-corrected chi connectivity index (χ2v) is 10.7. The summed E-state index contributed by atoms with van der Waals surface area (Å²) in [6, 6.07) is 5.48. The number of thioether (sulfide) groups is 1. The van der Waals surface area contributed by atoms with Crippen molar-refractivity contribution in [2.45, 2.75) is 84.5 Å². The van der Waals surface area contributed by atoms with Gasteiger partial charge in [-0.05, 0) is 65.0 Å². The summed E-state index contributed by atoms with van der Waals surface area (Å²) < 4.78 is 5.37. The molecule has 0 spiro atoms. The van der Waals surface area contributed by atoms with Crippen molar-refractivity contribution in [3.63, 3.8) is 0 Å². The molecule has 0 saturated heterocycles. The molecule has 0 radical (unpaired) electrons. The molecule has 3 N–H and O–H groups in total. The number of rotatable bonds is 13. The van der Waals surface area contributed by atoms with Crippen molar-refractivity contribution in [3.05, 3.63) is 35.4 Å². The number of aliphatic hydroxyl groups excluding tert-OH is 1. The fraction of sp³-hybridized carbons (Fsp3) is 0.654. The minimum absolute atomic E-state index is 0.0568. The first-order valence-corrected chi connectivity index (χ1v) is 13.6. The third kappa shape index (κ3) is 10.9. The van der Waals surface area contributed by atoms with Crippen molar-refractivity contribution in [2.24, 2.45) is 0 Å². The number of hydrogen-bond acceptors (Lipinski definition) is 6. The van der Waals surface area contributed by atoms with Crippen LogP contribution in [0.5, 0.6) is 0 Å². The highest BCUT2D eigenvalue weighted by atomic mass is 32.2.